The van der Waals surface area contributed by atoms with Gasteiger partial charge in [0.25, 0.3) is 0 Å². The molecule has 2 unspecified atom stereocenters. The van der Waals surface area contributed by atoms with Crippen LogP contribution in [0, 0.1) is 5.92 Å². The van der Waals surface area contributed by atoms with Crippen LogP contribution in [0.5, 0.6) is 0 Å². The maximum atomic E-state index is 12.1. The van der Waals surface area contributed by atoms with Crippen molar-refractivity contribution in [3.63, 3.8) is 0 Å². The summed E-state index contributed by atoms with van der Waals surface area (Å²) >= 11 is 11.7. The number of anilines is 1. The first-order chi connectivity index (χ1) is 10.4. The van der Waals surface area contributed by atoms with Crippen molar-refractivity contribution in [2.24, 2.45) is 5.92 Å². The van der Waals surface area contributed by atoms with Crippen molar-refractivity contribution in [3.8, 4) is 0 Å². The topological polar surface area (TPSA) is 69.6 Å². The zero-order valence-electron chi connectivity index (χ0n) is 12.2. The third-order valence-electron chi connectivity index (χ3n) is 3.79. The van der Waals surface area contributed by atoms with Gasteiger partial charge in [-0.2, -0.15) is 0 Å². The molecule has 0 heterocycles. The Morgan fingerprint density at radius 3 is 2.45 bits per heavy atom. The van der Waals surface area contributed by atoms with Gasteiger partial charge in [-0.1, -0.05) is 29.6 Å². The lowest BCUT2D eigenvalue weighted by Gasteiger charge is -2.22. The van der Waals surface area contributed by atoms with Crippen molar-refractivity contribution in [3.05, 3.63) is 28.2 Å². The molecule has 2 N–H and O–H groups in total. The Balaban J connectivity index is 1.94. The maximum absolute atomic E-state index is 12.1. The van der Waals surface area contributed by atoms with Crippen LogP contribution in [-0.2, 0) is 9.59 Å². The SMILES string of the molecule is CN(CC1CCCC1O)C(=O)C(=O)Nc1cc(Cl)cc(Cl)c1. The van der Waals surface area contributed by atoms with E-state index < -0.39 is 17.9 Å². The molecule has 2 rings (SSSR count). The number of likely N-dealkylation sites (N-methyl/N-ethyl adjacent to an activating group) is 1. The molecule has 0 radical (unpaired) electrons. The minimum absolute atomic E-state index is 0.0300. The standard InChI is InChI=1S/C15H18Cl2N2O3/c1-19(8-9-3-2-4-13(9)20)15(22)14(21)18-12-6-10(16)5-11(17)7-12/h5-7,9,13,20H,2-4,8H2,1H3,(H,18,21). The molecule has 1 fully saturated rings. The first-order valence-corrected chi connectivity index (χ1v) is 7.83. The van der Waals surface area contributed by atoms with Crippen molar-refractivity contribution in [1.82, 2.24) is 4.90 Å². The molecule has 2 atom stereocenters. The van der Waals surface area contributed by atoms with Crippen LogP contribution in [0.4, 0.5) is 5.69 Å². The third kappa shape index (κ3) is 4.35. The highest BCUT2D eigenvalue weighted by molar-refractivity contribution is 6.40. The van der Waals surface area contributed by atoms with Crippen molar-refractivity contribution >= 4 is 40.7 Å². The van der Waals surface area contributed by atoms with Crippen LogP contribution in [0.2, 0.25) is 10.0 Å². The number of hydrogen-bond donors (Lipinski definition) is 2. The number of rotatable bonds is 3. The van der Waals surface area contributed by atoms with E-state index in [1.54, 1.807) is 7.05 Å². The molecule has 1 aromatic rings. The predicted octanol–water partition coefficient (Wildman–Crippen LogP) is 2.55. The molecule has 1 aliphatic rings. The largest absolute Gasteiger partial charge is 0.393 e. The first kappa shape index (κ1) is 17.1. The van der Waals surface area contributed by atoms with Crippen molar-refractivity contribution in [1.29, 1.82) is 0 Å². The lowest BCUT2D eigenvalue weighted by atomic mass is 10.1. The number of aliphatic hydroxyl groups excluding tert-OH is 1. The fourth-order valence-corrected chi connectivity index (χ4v) is 3.17. The highest BCUT2D eigenvalue weighted by Gasteiger charge is 2.29. The summed E-state index contributed by atoms with van der Waals surface area (Å²) in [6, 6.07) is 4.56. The molecule has 22 heavy (non-hydrogen) atoms. The zero-order chi connectivity index (χ0) is 16.3. The summed E-state index contributed by atoms with van der Waals surface area (Å²) in [6.45, 7) is 0.365. The molecule has 2 amide bonds. The average Bonchev–Trinajstić information content (AvgIpc) is 2.82. The van der Waals surface area contributed by atoms with Crippen molar-refractivity contribution < 1.29 is 14.7 Å². The van der Waals surface area contributed by atoms with Gasteiger partial charge >= 0.3 is 11.8 Å². The highest BCUT2D eigenvalue weighted by atomic mass is 35.5. The van der Waals surface area contributed by atoms with E-state index in [4.69, 9.17) is 23.2 Å². The summed E-state index contributed by atoms with van der Waals surface area (Å²) in [7, 11) is 1.55. The summed E-state index contributed by atoms with van der Waals surface area (Å²) < 4.78 is 0. The molecule has 0 saturated heterocycles. The van der Waals surface area contributed by atoms with Gasteiger partial charge < -0.3 is 15.3 Å². The Bertz CT molecular complexity index is 560. The minimum atomic E-state index is -0.756. The molecule has 1 aromatic carbocycles. The normalized spacial score (nSPS) is 20.7. The van der Waals surface area contributed by atoms with E-state index in [-0.39, 0.29) is 5.92 Å². The monoisotopic (exact) mass is 344 g/mol. The molecule has 0 spiro atoms. The maximum Gasteiger partial charge on any atom is 0.313 e. The smallest absolute Gasteiger partial charge is 0.313 e. The summed E-state index contributed by atoms with van der Waals surface area (Å²) in [6.07, 6.45) is 2.16. The van der Waals surface area contributed by atoms with E-state index in [9.17, 15) is 14.7 Å². The minimum Gasteiger partial charge on any atom is -0.393 e. The van der Waals surface area contributed by atoms with Gasteiger partial charge in [0.2, 0.25) is 0 Å². The Kier molecular flexibility index (Phi) is 5.67. The second kappa shape index (κ2) is 7.31. The fourth-order valence-electron chi connectivity index (χ4n) is 2.65. The van der Waals surface area contributed by atoms with Crippen LogP contribution >= 0.6 is 23.2 Å². The molecule has 0 aromatic heterocycles. The molecule has 7 heteroatoms. The number of nitrogens with one attached hydrogen (secondary N) is 1. The van der Waals surface area contributed by atoms with Gasteiger partial charge in [-0.15, -0.1) is 0 Å². The summed E-state index contributed by atoms with van der Waals surface area (Å²) in [5.41, 5.74) is 0.366. The van der Waals surface area contributed by atoms with Gasteiger partial charge in [-0.05, 0) is 31.0 Å². The van der Waals surface area contributed by atoms with Crippen LogP contribution in [0.1, 0.15) is 19.3 Å². The van der Waals surface area contributed by atoms with Gasteiger partial charge in [0.15, 0.2) is 0 Å². The second-order valence-electron chi connectivity index (χ2n) is 5.56. The van der Waals surface area contributed by atoms with E-state index in [1.165, 1.54) is 23.1 Å². The Morgan fingerprint density at radius 1 is 1.27 bits per heavy atom. The molecule has 0 bridgehead atoms. The quantitative estimate of drug-likeness (QED) is 0.828. The third-order valence-corrected chi connectivity index (χ3v) is 4.23. The number of carbonyl (C=O) groups excluding carboxylic acids is 2. The van der Waals surface area contributed by atoms with Gasteiger partial charge in [-0.3, -0.25) is 9.59 Å². The lowest BCUT2D eigenvalue weighted by molar-refractivity contribution is -0.142. The van der Waals surface area contributed by atoms with Gasteiger partial charge in [0, 0.05) is 35.2 Å². The van der Waals surface area contributed by atoms with Crippen molar-refractivity contribution in [2.75, 3.05) is 18.9 Å². The predicted molar refractivity (Wildman–Crippen MR) is 86.1 cm³/mol. The number of aliphatic hydroxyl groups is 1. The van der Waals surface area contributed by atoms with Gasteiger partial charge in [0.1, 0.15) is 0 Å². The molecule has 5 nitrogen and oxygen atoms in total. The number of benzene rings is 1. The molecular weight excluding hydrogens is 327 g/mol. The molecule has 120 valence electrons. The lowest BCUT2D eigenvalue weighted by Crippen LogP contribution is -2.40. The molecule has 1 saturated carbocycles. The van der Waals surface area contributed by atoms with Gasteiger partial charge in [-0.25, -0.2) is 0 Å². The Morgan fingerprint density at radius 2 is 1.91 bits per heavy atom. The van der Waals surface area contributed by atoms with Crippen molar-refractivity contribution in [2.45, 2.75) is 25.4 Å². The zero-order valence-corrected chi connectivity index (χ0v) is 13.7. The van der Waals surface area contributed by atoms with Crippen LogP contribution in [0.25, 0.3) is 0 Å². The fraction of sp³-hybridized carbons (Fsp3) is 0.467. The number of halogens is 2. The van der Waals surface area contributed by atoms with Gasteiger partial charge in [0.05, 0.1) is 6.10 Å². The van der Waals surface area contributed by atoms with Crippen LogP contribution in [0.15, 0.2) is 18.2 Å². The summed E-state index contributed by atoms with van der Waals surface area (Å²) in [4.78, 5) is 25.4. The highest BCUT2D eigenvalue weighted by Crippen LogP contribution is 2.26. The average molecular weight is 345 g/mol. The number of carbonyl (C=O) groups is 2. The van der Waals surface area contributed by atoms with E-state index in [0.29, 0.717) is 22.3 Å². The number of amides is 2. The second-order valence-corrected chi connectivity index (χ2v) is 6.43. The molecular formula is C15H18Cl2N2O3. The molecule has 0 aliphatic heterocycles. The molecule has 1 aliphatic carbocycles. The van der Waals surface area contributed by atoms with Crippen LogP contribution in [-0.4, -0.2) is 41.5 Å². The van der Waals surface area contributed by atoms with Crippen LogP contribution in [0.3, 0.4) is 0 Å². The number of nitrogens with zero attached hydrogens (tertiary/aromatic N) is 1. The van der Waals surface area contributed by atoms with E-state index in [2.05, 4.69) is 5.32 Å². The van der Waals surface area contributed by atoms with E-state index >= 15 is 0 Å². The Hall–Kier alpha value is -1.30. The van der Waals surface area contributed by atoms with E-state index in [1.807, 2.05) is 0 Å². The van der Waals surface area contributed by atoms with Crippen LogP contribution < -0.4 is 5.32 Å². The first-order valence-electron chi connectivity index (χ1n) is 7.07. The summed E-state index contributed by atoms with van der Waals surface area (Å²) in [5.74, 6) is -1.38. The number of hydrogen-bond acceptors (Lipinski definition) is 3. The van der Waals surface area contributed by atoms with E-state index in [0.717, 1.165) is 19.3 Å². The Labute approximate surface area is 139 Å². The summed E-state index contributed by atoms with van der Waals surface area (Å²) in [5, 5.41) is 13.0.